The van der Waals surface area contributed by atoms with Crippen LogP contribution in [0.4, 0.5) is 5.69 Å². The largest absolute Gasteiger partial charge is 0.322 e. The summed E-state index contributed by atoms with van der Waals surface area (Å²) in [4.78, 5) is 24.3. The average Bonchev–Trinajstić information content (AvgIpc) is 2.82. The number of hydrogen-bond donors (Lipinski definition) is 1. The highest BCUT2D eigenvalue weighted by Crippen LogP contribution is 2.27. The number of hydrogen-bond acceptors (Lipinski definition) is 4. The lowest BCUT2D eigenvalue weighted by atomic mass is 9.91. The molecule has 1 fully saturated rings. The Morgan fingerprint density at radius 1 is 1.00 bits per heavy atom. The Morgan fingerprint density at radius 3 is 2.30 bits per heavy atom. The minimum Gasteiger partial charge on any atom is -0.322 e. The SMILES string of the molecule is Cn1ccc(C(=O)Nc2ccc(S(=O)(=O)N3CCC(Cc4ccccc4)CC3)cc2)cc1=O. The molecule has 1 aliphatic rings. The Hall–Kier alpha value is -3.23. The van der Waals surface area contributed by atoms with E-state index in [0.29, 0.717) is 24.7 Å². The van der Waals surface area contributed by atoms with Crippen LogP contribution in [0.15, 0.2) is 82.6 Å². The minimum atomic E-state index is -3.59. The Bertz CT molecular complexity index is 1280. The van der Waals surface area contributed by atoms with Gasteiger partial charge in [-0.25, -0.2) is 8.42 Å². The van der Waals surface area contributed by atoms with Crippen LogP contribution in [0, 0.1) is 5.92 Å². The number of carbonyl (C=O) groups is 1. The van der Waals surface area contributed by atoms with Crippen molar-refractivity contribution < 1.29 is 13.2 Å². The number of rotatable bonds is 6. The van der Waals surface area contributed by atoms with Crippen LogP contribution in [0.2, 0.25) is 0 Å². The van der Waals surface area contributed by atoms with Crippen LogP contribution in [0.25, 0.3) is 0 Å². The molecule has 1 amide bonds. The van der Waals surface area contributed by atoms with Crippen LogP contribution >= 0.6 is 0 Å². The first-order valence-electron chi connectivity index (χ1n) is 10.9. The molecule has 1 aliphatic heterocycles. The highest BCUT2D eigenvalue weighted by Gasteiger charge is 2.29. The number of benzene rings is 2. The zero-order chi connectivity index (χ0) is 23.4. The average molecular weight is 466 g/mol. The van der Waals surface area contributed by atoms with Gasteiger partial charge in [0.05, 0.1) is 4.90 Å². The van der Waals surface area contributed by atoms with Crippen molar-refractivity contribution in [3.63, 3.8) is 0 Å². The van der Waals surface area contributed by atoms with Gasteiger partial charge >= 0.3 is 0 Å². The van der Waals surface area contributed by atoms with Crippen molar-refractivity contribution in [2.75, 3.05) is 18.4 Å². The molecular formula is C25H27N3O4S. The number of amides is 1. The van der Waals surface area contributed by atoms with Crippen molar-refractivity contribution in [3.05, 3.63) is 94.4 Å². The fourth-order valence-electron chi connectivity index (χ4n) is 4.05. The van der Waals surface area contributed by atoms with Gasteiger partial charge in [-0.05, 0) is 61.1 Å². The Morgan fingerprint density at radius 2 is 1.67 bits per heavy atom. The summed E-state index contributed by atoms with van der Waals surface area (Å²) in [5.41, 5.74) is 1.71. The lowest BCUT2D eigenvalue weighted by Gasteiger charge is -2.31. The number of pyridine rings is 1. The first kappa shape index (κ1) is 22.9. The minimum absolute atomic E-state index is 0.204. The molecule has 4 rings (SSSR count). The van der Waals surface area contributed by atoms with Crippen LogP contribution in [0.1, 0.15) is 28.8 Å². The van der Waals surface area contributed by atoms with Gasteiger partial charge in [0.15, 0.2) is 0 Å². The molecule has 0 aliphatic carbocycles. The number of nitrogens with zero attached hydrogens (tertiary/aromatic N) is 2. The van der Waals surface area contributed by atoms with Crippen LogP contribution in [-0.2, 0) is 23.5 Å². The molecule has 3 aromatic rings. The molecule has 172 valence electrons. The van der Waals surface area contributed by atoms with E-state index in [1.165, 1.54) is 34.5 Å². The van der Waals surface area contributed by atoms with Crippen molar-refractivity contribution in [1.29, 1.82) is 0 Å². The first-order chi connectivity index (χ1) is 15.8. The maximum atomic E-state index is 13.1. The van der Waals surface area contributed by atoms with E-state index in [1.54, 1.807) is 29.6 Å². The summed E-state index contributed by atoms with van der Waals surface area (Å²) in [6, 6.07) is 19.2. The van der Waals surface area contributed by atoms with Gasteiger partial charge < -0.3 is 9.88 Å². The van der Waals surface area contributed by atoms with Crippen LogP contribution in [0.3, 0.4) is 0 Å². The van der Waals surface area contributed by atoms with Gasteiger partial charge in [0.2, 0.25) is 10.0 Å². The summed E-state index contributed by atoms with van der Waals surface area (Å²) in [6.07, 6.45) is 4.16. The highest BCUT2D eigenvalue weighted by atomic mass is 32.2. The predicted octanol–water partition coefficient (Wildman–Crippen LogP) is 3.28. The maximum Gasteiger partial charge on any atom is 0.255 e. The molecule has 33 heavy (non-hydrogen) atoms. The Labute approximate surface area is 193 Å². The number of piperidine rings is 1. The van der Waals surface area contributed by atoms with E-state index in [2.05, 4.69) is 17.4 Å². The zero-order valence-electron chi connectivity index (χ0n) is 18.5. The summed E-state index contributed by atoms with van der Waals surface area (Å²) in [6.45, 7) is 1.00. The molecule has 1 N–H and O–H groups in total. The van der Waals surface area contributed by atoms with Gasteiger partial charge in [0, 0.05) is 43.7 Å². The van der Waals surface area contributed by atoms with Gasteiger partial charge in [-0.1, -0.05) is 30.3 Å². The second-order valence-electron chi connectivity index (χ2n) is 8.38. The molecular weight excluding hydrogens is 438 g/mol. The van der Waals surface area contributed by atoms with E-state index in [4.69, 9.17) is 0 Å². The van der Waals surface area contributed by atoms with Crippen molar-refractivity contribution >= 4 is 21.6 Å². The normalized spacial score (nSPS) is 15.3. The molecule has 0 radical (unpaired) electrons. The molecule has 2 heterocycles. The summed E-state index contributed by atoms with van der Waals surface area (Å²) in [5.74, 6) is 0.0510. The maximum absolute atomic E-state index is 13.1. The van der Waals surface area contributed by atoms with Gasteiger partial charge in [-0.2, -0.15) is 4.31 Å². The number of aryl methyl sites for hydroxylation is 1. The molecule has 0 bridgehead atoms. The molecule has 0 atom stereocenters. The summed E-state index contributed by atoms with van der Waals surface area (Å²) < 4.78 is 29.1. The fraction of sp³-hybridized carbons (Fsp3) is 0.280. The van der Waals surface area contributed by atoms with E-state index in [-0.39, 0.29) is 16.0 Å². The smallest absolute Gasteiger partial charge is 0.255 e. The topological polar surface area (TPSA) is 88.5 Å². The van der Waals surface area contributed by atoms with E-state index in [1.807, 2.05) is 18.2 Å². The van der Waals surface area contributed by atoms with Crippen molar-refractivity contribution in [2.24, 2.45) is 13.0 Å². The number of sulfonamides is 1. The van der Waals surface area contributed by atoms with E-state index in [9.17, 15) is 18.0 Å². The fourth-order valence-corrected chi connectivity index (χ4v) is 5.52. The van der Waals surface area contributed by atoms with Crippen LogP contribution in [0.5, 0.6) is 0 Å². The number of carbonyl (C=O) groups excluding carboxylic acids is 1. The molecule has 1 saturated heterocycles. The van der Waals surface area contributed by atoms with Crippen molar-refractivity contribution in [2.45, 2.75) is 24.2 Å². The van der Waals surface area contributed by atoms with Gasteiger partial charge in [0.1, 0.15) is 0 Å². The van der Waals surface area contributed by atoms with Crippen LogP contribution < -0.4 is 10.9 Å². The number of aromatic nitrogens is 1. The lowest BCUT2D eigenvalue weighted by molar-refractivity contribution is 0.102. The third-order valence-electron chi connectivity index (χ3n) is 6.06. The standard InChI is InChI=1S/C25H27N3O4S/c1-27-14-13-21(18-24(27)29)25(30)26-22-7-9-23(10-8-22)33(31,32)28-15-11-20(12-16-28)17-19-5-3-2-4-6-19/h2-10,13-14,18,20H,11-12,15-17H2,1H3,(H,26,30). The Kier molecular flexibility index (Phi) is 6.76. The molecule has 0 unspecified atom stereocenters. The highest BCUT2D eigenvalue weighted by molar-refractivity contribution is 7.89. The molecule has 0 saturated carbocycles. The molecule has 8 heteroatoms. The van der Waals surface area contributed by atoms with Crippen molar-refractivity contribution in [1.82, 2.24) is 8.87 Å². The summed E-state index contributed by atoms with van der Waals surface area (Å²) in [7, 11) is -1.98. The summed E-state index contributed by atoms with van der Waals surface area (Å²) in [5, 5.41) is 2.70. The second-order valence-corrected chi connectivity index (χ2v) is 10.3. The van der Waals surface area contributed by atoms with Crippen LogP contribution in [-0.4, -0.2) is 36.3 Å². The lowest BCUT2D eigenvalue weighted by Crippen LogP contribution is -2.38. The predicted molar refractivity (Wildman–Crippen MR) is 128 cm³/mol. The third kappa shape index (κ3) is 5.40. The molecule has 1 aromatic heterocycles. The van der Waals surface area contributed by atoms with E-state index in [0.717, 1.165) is 19.3 Å². The monoisotopic (exact) mass is 465 g/mol. The number of anilines is 1. The molecule has 2 aromatic carbocycles. The first-order valence-corrected chi connectivity index (χ1v) is 12.4. The number of nitrogens with one attached hydrogen (secondary N) is 1. The quantitative estimate of drug-likeness (QED) is 0.605. The second kappa shape index (κ2) is 9.72. The Balaban J connectivity index is 1.37. The van der Waals surface area contributed by atoms with E-state index < -0.39 is 15.9 Å². The zero-order valence-corrected chi connectivity index (χ0v) is 19.3. The third-order valence-corrected chi connectivity index (χ3v) is 7.97. The van der Waals surface area contributed by atoms with Crippen molar-refractivity contribution in [3.8, 4) is 0 Å². The molecule has 0 spiro atoms. The van der Waals surface area contributed by atoms with Gasteiger partial charge in [-0.3, -0.25) is 9.59 Å². The van der Waals surface area contributed by atoms with Gasteiger partial charge in [0.25, 0.3) is 11.5 Å². The summed E-state index contributed by atoms with van der Waals surface area (Å²) >= 11 is 0. The van der Waals surface area contributed by atoms with E-state index >= 15 is 0 Å². The molecule has 7 nitrogen and oxygen atoms in total. The van der Waals surface area contributed by atoms with Gasteiger partial charge in [-0.15, -0.1) is 0 Å².